The molecule has 22 heavy (non-hydrogen) atoms. The summed E-state index contributed by atoms with van der Waals surface area (Å²) in [6.07, 6.45) is 2.25. The summed E-state index contributed by atoms with van der Waals surface area (Å²) >= 11 is 6.05. The molecule has 0 bridgehead atoms. The van der Waals surface area contributed by atoms with E-state index >= 15 is 0 Å². The zero-order chi connectivity index (χ0) is 15.9. The van der Waals surface area contributed by atoms with Gasteiger partial charge in [0, 0.05) is 32.7 Å². The van der Waals surface area contributed by atoms with Gasteiger partial charge in [-0.3, -0.25) is 14.6 Å². The number of carbonyl (C=O) groups is 1. The molecule has 0 spiro atoms. The van der Waals surface area contributed by atoms with Crippen molar-refractivity contribution in [1.82, 2.24) is 9.80 Å². The van der Waals surface area contributed by atoms with E-state index < -0.39 is 0 Å². The molecule has 0 unspecified atom stereocenters. The van der Waals surface area contributed by atoms with Crippen molar-refractivity contribution in [3.63, 3.8) is 0 Å². The van der Waals surface area contributed by atoms with E-state index in [4.69, 9.17) is 11.6 Å². The van der Waals surface area contributed by atoms with E-state index in [2.05, 4.69) is 35.0 Å². The number of anilines is 1. The van der Waals surface area contributed by atoms with E-state index in [1.165, 1.54) is 5.57 Å². The molecular formula is C17H24ClN3O. The maximum absolute atomic E-state index is 12.1. The molecule has 1 aliphatic heterocycles. The highest BCUT2D eigenvalue weighted by molar-refractivity contribution is 6.33. The zero-order valence-electron chi connectivity index (χ0n) is 13.3. The summed E-state index contributed by atoms with van der Waals surface area (Å²) in [7, 11) is 0. The van der Waals surface area contributed by atoms with Crippen molar-refractivity contribution in [2.24, 2.45) is 0 Å². The number of allylic oxidation sites excluding steroid dienone is 1. The number of nitrogens with one attached hydrogen (secondary N) is 1. The average Bonchev–Trinajstić information content (AvgIpc) is 2.49. The molecule has 1 N–H and O–H groups in total. The third-order valence-corrected chi connectivity index (χ3v) is 4.07. The fourth-order valence-electron chi connectivity index (χ4n) is 2.40. The molecule has 0 aromatic heterocycles. The summed E-state index contributed by atoms with van der Waals surface area (Å²) in [5.74, 6) is -0.00847. The van der Waals surface area contributed by atoms with Gasteiger partial charge in [-0.15, -0.1) is 0 Å². The normalized spacial score (nSPS) is 16.3. The minimum Gasteiger partial charge on any atom is -0.324 e. The van der Waals surface area contributed by atoms with Crippen molar-refractivity contribution in [2.75, 3.05) is 44.6 Å². The van der Waals surface area contributed by atoms with Crippen LogP contribution in [0.4, 0.5) is 5.69 Å². The van der Waals surface area contributed by atoms with Crippen LogP contribution in [0, 0.1) is 0 Å². The van der Waals surface area contributed by atoms with Gasteiger partial charge in [0.05, 0.1) is 17.3 Å². The van der Waals surface area contributed by atoms with Crippen molar-refractivity contribution in [1.29, 1.82) is 0 Å². The number of piperazine rings is 1. The minimum absolute atomic E-state index is 0.00847. The number of para-hydroxylation sites is 1. The molecule has 2 rings (SSSR count). The average molecular weight is 322 g/mol. The van der Waals surface area contributed by atoms with Gasteiger partial charge in [-0.25, -0.2) is 0 Å². The van der Waals surface area contributed by atoms with E-state index in [9.17, 15) is 4.79 Å². The highest BCUT2D eigenvalue weighted by Crippen LogP contribution is 2.20. The zero-order valence-corrected chi connectivity index (χ0v) is 14.1. The van der Waals surface area contributed by atoms with Crippen LogP contribution in [0.3, 0.4) is 0 Å². The molecule has 1 heterocycles. The second-order valence-electron chi connectivity index (χ2n) is 5.89. The van der Waals surface area contributed by atoms with Crippen LogP contribution in [0.25, 0.3) is 0 Å². The van der Waals surface area contributed by atoms with Crippen molar-refractivity contribution in [3.05, 3.63) is 40.9 Å². The molecular weight excluding hydrogens is 298 g/mol. The number of hydrogen-bond acceptors (Lipinski definition) is 3. The van der Waals surface area contributed by atoms with Crippen molar-refractivity contribution >= 4 is 23.2 Å². The Labute approximate surface area is 137 Å². The highest BCUT2D eigenvalue weighted by atomic mass is 35.5. The van der Waals surface area contributed by atoms with Gasteiger partial charge in [0.2, 0.25) is 5.91 Å². The van der Waals surface area contributed by atoms with Crippen LogP contribution in [0.15, 0.2) is 35.9 Å². The number of halogens is 1. The van der Waals surface area contributed by atoms with Gasteiger partial charge in [-0.2, -0.15) is 0 Å². The lowest BCUT2D eigenvalue weighted by Gasteiger charge is -2.33. The Kier molecular flexibility index (Phi) is 6.43. The van der Waals surface area contributed by atoms with Crippen LogP contribution in [0.2, 0.25) is 5.02 Å². The maximum atomic E-state index is 12.1. The Morgan fingerprint density at radius 3 is 2.45 bits per heavy atom. The third kappa shape index (κ3) is 5.44. The van der Waals surface area contributed by atoms with E-state index in [1.54, 1.807) is 6.07 Å². The van der Waals surface area contributed by atoms with Gasteiger partial charge in [0.25, 0.3) is 0 Å². The topological polar surface area (TPSA) is 35.6 Å². The standard InChI is InChI=1S/C17H24ClN3O/c1-14(2)7-8-20-9-11-21(12-10-20)13-17(22)19-16-6-4-3-5-15(16)18/h3-7H,8-13H2,1-2H3,(H,19,22). The first-order valence-corrected chi connectivity index (χ1v) is 8.05. The van der Waals surface area contributed by atoms with Crippen LogP contribution >= 0.6 is 11.6 Å². The summed E-state index contributed by atoms with van der Waals surface area (Å²) in [6, 6.07) is 7.31. The van der Waals surface area contributed by atoms with Gasteiger partial charge in [0.15, 0.2) is 0 Å². The number of rotatable bonds is 5. The van der Waals surface area contributed by atoms with Crippen LogP contribution < -0.4 is 5.32 Å². The molecule has 1 fully saturated rings. The largest absolute Gasteiger partial charge is 0.324 e. The molecule has 5 heteroatoms. The summed E-state index contributed by atoms with van der Waals surface area (Å²) in [4.78, 5) is 16.7. The van der Waals surface area contributed by atoms with Crippen molar-refractivity contribution < 1.29 is 4.79 Å². The molecule has 1 aromatic rings. The van der Waals surface area contributed by atoms with Gasteiger partial charge in [0.1, 0.15) is 0 Å². The Morgan fingerprint density at radius 2 is 1.82 bits per heavy atom. The monoisotopic (exact) mass is 321 g/mol. The smallest absolute Gasteiger partial charge is 0.238 e. The molecule has 0 aliphatic carbocycles. The van der Waals surface area contributed by atoms with Gasteiger partial charge in [-0.05, 0) is 26.0 Å². The number of amides is 1. The molecule has 1 aliphatic rings. The van der Waals surface area contributed by atoms with Crippen LogP contribution in [0.1, 0.15) is 13.8 Å². The number of benzene rings is 1. The quantitative estimate of drug-likeness (QED) is 0.847. The molecule has 0 atom stereocenters. The highest BCUT2D eigenvalue weighted by Gasteiger charge is 2.18. The number of hydrogen-bond donors (Lipinski definition) is 1. The lowest BCUT2D eigenvalue weighted by atomic mass is 10.2. The maximum Gasteiger partial charge on any atom is 0.238 e. The van der Waals surface area contributed by atoms with E-state index in [0.29, 0.717) is 17.3 Å². The molecule has 120 valence electrons. The summed E-state index contributed by atoms with van der Waals surface area (Å²) in [5, 5.41) is 3.44. The van der Waals surface area contributed by atoms with Crippen molar-refractivity contribution in [2.45, 2.75) is 13.8 Å². The Hall–Kier alpha value is -1.36. The first-order chi connectivity index (χ1) is 10.5. The minimum atomic E-state index is -0.00847. The van der Waals surface area contributed by atoms with Gasteiger partial charge >= 0.3 is 0 Å². The van der Waals surface area contributed by atoms with Crippen LogP contribution in [-0.4, -0.2) is 55.0 Å². The fraction of sp³-hybridized carbons (Fsp3) is 0.471. The first-order valence-electron chi connectivity index (χ1n) is 7.67. The number of carbonyl (C=O) groups excluding carboxylic acids is 1. The third-order valence-electron chi connectivity index (χ3n) is 3.74. The first kappa shape index (κ1) is 17.0. The van der Waals surface area contributed by atoms with E-state index in [0.717, 1.165) is 32.7 Å². The molecule has 1 aromatic carbocycles. The molecule has 4 nitrogen and oxygen atoms in total. The SMILES string of the molecule is CC(C)=CCN1CCN(CC(=O)Nc2ccccc2Cl)CC1. The second kappa shape index (κ2) is 8.32. The lowest BCUT2D eigenvalue weighted by Crippen LogP contribution is -2.48. The van der Waals surface area contributed by atoms with Gasteiger partial charge < -0.3 is 5.32 Å². The fourth-order valence-corrected chi connectivity index (χ4v) is 2.58. The second-order valence-corrected chi connectivity index (χ2v) is 6.29. The van der Waals surface area contributed by atoms with Crippen LogP contribution in [0.5, 0.6) is 0 Å². The molecule has 1 saturated heterocycles. The predicted molar refractivity (Wildman–Crippen MR) is 92.4 cm³/mol. The summed E-state index contributed by atoms with van der Waals surface area (Å²) in [6.45, 7) is 9.51. The van der Waals surface area contributed by atoms with Gasteiger partial charge in [-0.1, -0.05) is 35.4 Å². The van der Waals surface area contributed by atoms with Crippen LogP contribution in [-0.2, 0) is 4.79 Å². The molecule has 1 amide bonds. The summed E-state index contributed by atoms with van der Waals surface area (Å²) < 4.78 is 0. The van der Waals surface area contributed by atoms with Crippen molar-refractivity contribution in [3.8, 4) is 0 Å². The Morgan fingerprint density at radius 1 is 1.18 bits per heavy atom. The summed E-state index contributed by atoms with van der Waals surface area (Å²) in [5.41, 5.74) is 2.03. The number of nitrogens with zero attached hydrogens (tertiary/aromatic N) is 2. The Bertz CT molecular complexity index is 532. The molecule has 0 saturated carbocycles. The lowest BCUT2D eigenvalue weighted by molar-refractivity contribution is -0.117. The predicted octanol–water partition coefficient (Wildman–Crippen LogP) is 2.86. The van der Waals surface area contributed by atoms with E-state index in [-0.39, 0.29) is 5.91 Å². The molecule has 0 radical (unpaired) electrons. The Balaban J connectivity index is 1.75. The van der Waals surface area contributed by atoms with E-state index in [1.807, 2.05) is 18.2 Å².